The van der Waals surface area contributed by atoms with Gasteiger partial charge in [-0.05, 0) is 48.8 Å². The number of aromatic nitrogens is 3. The van der Waals surface area contributed by atoms with Gasteiger partial charge in [-0.1, -0.05) is 41.9 Å². The summed E-state index contributed by atoms with van der Waals surface area (Å²) >= 11 is 11.7. The van der Waals surface area contributed by atoms with Gasteiger partial charge < -0.3 is 9.47 Å². The van der Waals surface area contributed by atoms with E-state index in [0.29, 0.717) is 28.0 Å². The van der Waals surface area contributed by atoms with Crippen molar-refractivity contribution in [1.29, 1.82) is 0 Å². The van der Waals surface area contributed by atoms with Gasteiger partial charge in [-0.2, -0.15) is 4.98 Å². The molecule has 1 atom stereocenters. The van der Waals surface area contributed by atoms with Crippen molar-refractivity contribution in [2.24, 2.45) is 0 Å². The van der Waals surface area contributed by atoms with E-state index in [1.165, 1.54) is 5.56 Å². The van der Waals surface area contributed by atoms with Crippen LogP contribution in [0.3, 0.4) is 0 Å². The Morgan fingerprint density at radius 1 is 1.30 bits per heavy atom. The summed E-state index contributed by atoms with van der Waals surface area (Å²) < 4.78 is 13.7. The first-order valence-corrected chi connectivity index (χ1v) is 10.8. The molecule has 0 spiro atoms. The van der Waals surface area contributed by atoms with Crippen LogP contribution >= 0.6 is 23.8 Å². The van der Waals surface area contributed by atoms with Crippen molar-refractivity contribution >= 4 is 23.8 Å². The Labute approximate surface area is 186 Å². The Balaban J connectivity index is 1.58. The number of halogens is 1. The van der Waals surface area contributed by atoms with Crippen molar-refractivity contribution in [3.63, 3.8) is 0 Å². The molecule has 158 valence electrons. The molecule has 1 N–H and O–H groups in total. The molecule has 1 aliphatic heterocycles. The van der Waals surface area contributed by atoms with E-state index < -0.39 is 0 Å². The molecule has 2 aromatic carbocycles. The highest BCUT2D eigenvalue weighted by Crippen LogP contribution is 2.30. The van der Waals surface area contributed by atoms with Crippen molar-refractivity contribution in [2.45, 2.75) is 32.2 Å². The quantitative estimate of drug-likeness (QED) is 0.500. The number of nitrogens with zero attached hydrogens (tertiary/aromatic N) is 3. The van der Waals surface area contributed by atoms with Crippen LogP contribution < -0.4 is 4.74 Å². The Morgan fingerprint density at radius 2 is 2.13 bits per heavy atom. The topological polar surface area (TPSA) is 55.3 Å². The lowest BCUT2D eigenvalue weighted by Crippen LogP contribution is -2.34. The number of nitrogens with one attached hydrogen (secondary N) is 1. The average Bonchev–Trinajstić information content (AvgIpc) is 3.38. The molecular formula is C22H25ClN4O2S. The average molecular weight is 445 g/mol. The van der Waals surface area contributed by atoms with Crippen LogP contribution in [-0.2, 0) is 18.0 Å². The molecular weight excluding hydrogens is 420 g/mol. The monoisotopic (exact) mass is 444 g/mol. The minimum atomic E-state index is 0.248. The Kier molecular flexibility index (Phi) is 6.84. The highest BCUT2D eigenvalue weighted by Gasteiger charge is 2.21. The molecule has 4 rings (SSSR count). The molecule has 2 heterocycles. The fraction of sp³-hybridized carbons (Fsp3) is 0.364. The van der Waals surface area contributed by atoms with Gasteiger partial charge in [0.05, 0.1) is 25.4 Å². The van der Waals surface area contributed by atoms with E-state index in [2.05, 4.69) is 39.2 Å². The summed E-state index contributed by atoms with van der Waals surface area (Å²) in [6, 6.07) is 15.9. The van der Waals surface area contributed by atoms with Crippen LogP contribution in [0.15, 0.2) is 48.5 Å². The highest BCUT2D eigenvalue weighted by molar-refractivity contribution is 7.71. The molecule has 0 aliphatic carbocycles. The molecule has 0 saturated carbocycles. The van der Waals surface area contributed by atoms with Gasteiger partial charge in [-0.3, -0.25) is 10.00 Å². The van der Waals surface area contributed by atoms with Gasteiger partial charge >= 0.3 is 0 Å². The minimum absolute atomic E-state index is 0.248. The number of rotatable bonds is 8. The molecule has 1 unspecified atom stereocenters. The standard InChI is InChI=1S/C22H25ClN4O2S/c1-28-20-10-9-17(23)12-19(20)21-24-22(30)27(25-21)15-26(14-18-8-5-11-29-18)13-16-6-3-2-4-7-16/h2-4,6-7,9-10,12,18H,5,8,11,13-15H2,1H3,(H,24,25,30). The zero-order valence-corrected chi connectivity index (χ0v) is 18.5. The first-order valence-electron chi connectivity index (χ1n) is 10.0. The predicted molar refractivity (Wildman–Crippen MR) is 120 cm³/mol. The van der Waals surface area contributed by atoms with Gasteiger partial charge in [-0.25, -0.2) is 4.68 Å². The van der Waals surface area contributed by atoms with Crippen LogP contribution in [0.1, 0.15) is 18.4 Å². The summed E-state index contributed by atoms with van der Waals surface area (Å²) in [5.41, 5.74) is 2.03. The second-order valence-corrected chi connectivity index (χ2v) is 8.20. The summed E-state index contributed by atoms with van der Waals surface area (Å²) in [4.78, 5) is 6.88. The second kappa shape index (κ2) is 9.75. The molecule has 1 fully saturated rings. The van der Waals surface area contributed by atoms with Gasteiger partial charge in [0.2, 0.25) is 4.77 Å². The summed E-state index contributed by atoms with van der Waals surface area (Å²) in [6.45, 7) is 3.07. The maximum atomic E-state index is 6.19. The SMILES string of the molecule is COc1ccc(Cl)cc1-c1nc(=S)n(CN(Cc2ccccc2)CC2CCCO2)[nH]1. The van der Waals surface area contributed by atoms with E-state index in [4.69, 9.17) is 33.3 Å². The van der Waals surface area contributed by atoms with Crippen molar-refractivity contribution in [3.8, 4) is 17.1 Å². The van der Waals surface area contributed by atoms with Crippen molar-refractivity contribution in [2.75, 3.05) is 20.3 Å². The molecule has 0 bridgehead atoms. The molecule has 3 aromatic rings. The largest absolute Gasteiger partial charge is 0.496 e. The van der Waals surface area contributed by atoms with E-state index in [-0.39, 0.29) is 6.10 Å². The van der Waals surface area contributed by atoms with Crippen LogP contribution in [-0.4, -0.2) is 46.0 Å². The molecule has 1 saturated heterocycles. The maximum Gasteiger partial charge on any atom is 0.217 e. The number of benzene rings is 2. The summed E-state index contributed by atoms with van der Waals surface area (Å²) in [7, 11) is 1.63. The smallest absolute Gasteiger partial charge is 0.217 e. The van der Waals surface area contributed by atoms with Crippen LogP contribution in [0.2, 0.25) is 5.02 Å². The maximum absolute atomic E-state index is 6.19. The zero-order valence-electron chi connectivity index (χ0n) is 16.9. The Hall–Kier alpha value is -2.19. The van der Waals surface area contributed by atoms with Crippen LogP contribution in [0.4, 0.5) is 0 Å². The highest BCUT2D eigenvalue weighted by atomic mass is 35.5. The number of hydrogen-bond donors (Lipinski definition) is 1. The van der Waals surface area contributed by atoms with E-state index in [1.807, 2.05) is 22.9 Å². The molecule has 6 nitrogen and oxygen atoms in total. The van der Waals surface area contributed by atoms with Crippen molar-refractivity contribution < 1.29 is 9.47 Å². The zero-order chi connectivity index (χ0) is 20.9. The lowest BCUT2D eigenvalue weighted by Gasteiger charge is -2.25. The molecule has 8 heteroatoms. The molecule has 1 aromatic heterocycles. The fourth-order valence-electron chi connectivity index (χ4n) is 3.73. The third-order valence-electron chi connectivity index (χ3n) is 5.17. The van der Waals surface area contributed by atoms with Gasteiger partial charge in [0.15, 0.2) is 5.82 Å². The third kappa shape index (κ3) is 5.10. The van der Waals surface area contributed by atoms with Crippen LogP contribution in [0.25, 0.3) is 11.4 Å². The Bertz CT molecular complexity index is 1030. The summed E-state index contributed by atoms with van der Waals surface area (Å²) in [5, 5.41) is 3.94. The van der Waals surface area contributed by atoms with E-state index in [0.717, 1.165) is 38.1 Å². The van der Waals surface area contributed by atoms with E-state index in [1.54, 1.807) is 13.2 Å². The molecule has 0 amide bonds. The summed E-state index contributed by atoms with van der Waals surface area (Å²) in [6.07, 6.45) is 2.45. The van der Waals surface area contributed by atoms with Crippen molar-refractivity contribution in [3.05, 3.63) is 63.9 Å². The molecule has 0 radical (unpaired) electrons. The van der Waals surface area contributed by atoms with Gasteiger partial charge in [0.1, 0.15) is 5.75 Å². The van der Waals surface area contributed by atoms with Gasteiger partial charge in [-0.15, -0.1) is 0 Å². The van der Waals surface area contributed by atoms with Crippen molar-refractivity contribution in [1.82, 2.24) is 19.7 Å². The van der Waals surface area contributed by atoms with E-state index in [9.17, 15) is 0 Å². The molecule has 30 heavy (non-hydrogen) atoms. The Morgan fingerprint density at radius 3 is 2.87 bits per heavy atom. The first kappa shape index (κ1) is 21.1. The second-order valence-electron chi connectivity index (χ2n) is 7.40. The number of methoxy groups -OCH3 is 1. The van der Waals surface area contributed by atoms with Crippen LogP contribution in [0, 0.1) is 4.77 Å². The fourth-order valence-corrected chi connectivity index (χ4v) is 4.10. The van der Waals surface area contributed by atoms with E-state index >= 15 is 0 Å². The number of aromatic amines is 1. The predicted octanol–water partition coefficient (Wildman–Crippen LogP) is 4.91. The summed E-state index contributed by atoms with van der Waals surface area (Å²) in [5.74, 6) is 1.33. The normalized spacial score (nSPS) is 16.3. The lowest BCUT2D eigenvalue weighted by molar-refractivity contribution is 0.0568. The first-order chi connectivity index (χ1) is 14.6. The molecule has 1 aliphatic rings. The van der Waals surface area contributed by atoms with Gasteiger partial charge in [0.25, 0.3) is 0 Å². The lowest BCUT2D eigenvalue weighted by atomic mass is 10.2. The third-order valence-corrected chi connectivity index (χ3v) is 5.72. The number of ether oxygens (including phenoxy) is 2. The van der Waals surface area contributed by atoms with Gasteiger partial charge in [0, 0.05) is 24.7 Å². The number of H-pyrrole nitrogens is 1. The number of hydrogen-bond acceptors (Lipinski definition) is 5. The van der Waals surface area contributed by atoms with Crippen LogP contribution in [0.5, 0.6) is 5.75 Å². The minimum Gasteiger partial charge on any atom is -0.496 e.